The van der Waals surface area contributed by atoms with E-state index in [-0.39, 0.29) is 13.1 Å². The molecule has 2 rings (SSSR count). The van der Waals surface area contributed by atoms with Crippen molar-refractivity contribution < 1.29 is 27.5 Å². The van der Waals surface area contributed by atoms with E-state index in [1.54, 1.807) is 52.1 Å². The Balaban J connectivity index is 2.02. The van der Waals surface area contributed by atoms with Gasteiger partial charge in [0.05, 0.1) is 12.4 Å². The number of rotatable bonds is 9. The predicted octanol–water partition coefficient (Wildman–Crippen LogP) is 2.46. The molecule has 0 saturated heterocycles. The summed E-state index contributed by atoms with van der Waals surface area (Å²) in [5.74, 6) is 0.180. The van der Waals surface area contributed by atoms with Crippen LogP contribution in [0, 0.1) is 0 Å². The molecule has 1 atom stereocenters. The van der Waals surface area contributed by atoms with Gasteiger partial charge in [-0.25, -0.2) is 17.9 Å². The fourth-order valence-corrected chi connectivity index (χ4v) is 5.00. The Hall–Kier alpha value is -2.33. The summed E-state index contributed by atoms with van der Waals surface area (Å²) in [5, 5.41) is 4.75. The summed E-state index contributed by atoms with van der Waals surface area (Å²) in [5.41, 5.74) is 0.0773. The first kappa shape index (κ1) is 25.9. The molecule has 0 radical (unpaired) electrons. The highest BCUT2D eigenvalue weighted by Gasteiger charge is 2.30. The van der Waals surface area contributed by atoms with E-state index in [1.807, 2.05) is 0 Å². The third-order valence-electron chi connectivity index (χ3n) is 5.11. The van der Waals surface area contributed by atoms with Crippen LogP contribution in [0.15, 0.2) is 24.3 Å². The monoisotopic (exact) mass is 469 g/mol. The van der Waals surface area contributed by atoms with E-state index in [9.17, 15) is 18.0 Å². The van der Waals surface area contributed by atoms with E-state index in [1.165, 1.54) is 0 Å². The van der Waals surface area contributed by atoms with E-state index in [4.69, 9.17) is 9.47 Å². The molecule has 1 aliphatic rings. The molecule has 3 N–H and O–H groups in total. The fourth-order valence-electron chi connectivity index (χ4n) is 3.41. The highest BCUT2D eigenvalue weighted by Crippen LogP contribution is 2.23. The van der Waals surface area contributed by atoms with Gasteiger partial charge in [-0.1, -0.05) is 31.4 Å². The van der Waals surface area contributed by atoms with Crippen molar-refractivity contribution >= 4 is 22.0 Å². The molecule has 9 nitrogen and oxygen atoms in total. The quantitative estimate of drug-likeness (QED) is 0.511. The Morgan fingerprint density at radius 1 is 1.09 bits per heavy atom. The Kier molecular flexibility index (Phi) is 9.33. The number of benzene rings is 1. The highest BCUT2D eigenvalue weighted by atomic mass is 32.2. The van der Waals surface area contributed by atoms with E-state index in [2.05, 4.69) is 15.4 Å². The lowest BCUT2D eigenvalue weighted by atomic mass is 10.0. The van der Waals surface area contributed by atoms with Gasteiger partial charge in [-0.05, 0) is 51.3 Å². The van der Waals surface area contributed by atoms with Crippen LogP contribution in [0.5, 0.6) is 5.75 Å². The number of carbonyl (C=O) groups is 2. The summed E-state index contributed by atoms with van der Waals surface area (Å²) < 4.78 is 38.2. The number of carbonyl (C=O) groups excluding carboxylic acids is 2. The van der Waals surface area contributed by atoms with Crippen molar-refractivity contribution in [2.45, 2.75) is 76.3 Å². The van der Waals surface area contributed by atoms with Crippen LogP contribution >= 0.6 is 0 Å². The molecule has 0 aromatic heterocycles. The lowest BCUT2D eigenvalue weighted by Gasteiger charge is -2.25. The average molecular weight is 470 g/mol. The van der Waals surface area contributed by atoms with Gasteiger partial charge in [-0.15, -0.1) is 0 Å². The Bertz CT molecular complexity index is 859. The third-order valence-corrected chi connectivity index (χ3v) is 7.03. The van der Waals surface area contributed by atoms with Crippen LogP contribution in [-0.2, 0) is 26.1 Å². The number of hydrogen-bond acceptors (Lipinski definition) is 6. The van der Waals surface area contributed by atoms with Gasteiger partial charge in [0.15, 0.2) is 0 Å². The molecule has 10 heteroatoms. The SMILES string of the molecule is COc1ccc(CNC(=O)[C@H](CNS(=O)(=O)C2CCCCC2)NC(=O)OC(C)(C)C)cc1. The number of methoxy groups -OCH3 is 1. The first-order valence-electron chi connectivity index (χ1n) is 10.9. The van der Waals surface area contributed by atoms with Gasteiger partial charge in [-0.2, -0.15) is 0 Å². The standard InChI is InChI=1S/C22H35N3O6S/c1-22(2,3)31-21(27)25-19(15-24-32(28,29)18-8-6-5-7-9-18)20(26)23-14-16-10-12-17(30-4)13-11-16/h10-13,18-19,24H,5-9,14-15H2,1-4H3,(H,23,26)(H,25,27)/t19-/m0/s1. The molecular formula is C22H35N3O6S. The molecule has 1 aromatic rings. The van der Waals surface area contributed by atoms with E-state index < -0.39 is 38.9 Å². The van der Waals surface area contributed by atoms with E-state index in [0.29, 0.717) is 18.6 Å². The molecule has 0 heterocycles. The van der Waals surface area contributed by atoms with Gasteiger partial charge >= 0.3 is 6.09 Å². The molecule has 0 bridgehead atoms. The Labute approximate surface area is 190 Å². The number of nitrogens with one attached hydrogen (secondary N) is 3. The van der Waals surface area contributed by atoms with Crippen molar-refractivity contribution in [2.24, 2.45) is 0 Å². The maximum absolute atomic E-state index is 12.8. The topological polar surface area (TPSA) is 123 Å². The number of hydrogen-bond donors (Lipinski definition) is 3. The van der Waals surface area contributed by atoms with E-state index >= 15 is 0 Å². The molecule has 1 saturated carbocycles. The summed E-state index contributed by atoms with van der Waals surface area (Å²) in [6.07, 6.45) is 3.18. The van der Waals surface area contributed by atoms with Gasteiger partial charge < -0.3 is 20.1 Å². The van der Waals surface area contributed by atoms with Crippen LogP contribution in [0.1, 0.15) is 58.4 Å². The fraction of sp³-hybridized carbons (Fsp3) is 0.636. The maximum atomic E-state index is 12.8. The molecule has 1 fully saturated rings. The normalized spacial score (nSPS) is 16.1. The first-order chi connectivity index (χ1) is 15.0. The molecule has 0 unspecified atom stereocenters. The molecule has 1 aromatic carbocycles. The van der Waals surface area contributed by atoms with Crippen LogP contribution in [0.4, 0.5) is 4.79 Å². The van der Waals surface area contributed by atoms with Crippen LogP contribution in [0.2, 0.25) is 0 Å². The third kappa shape index (κ3) is 8.66. The molecule has 1 aliphatic carbocycles. The summed E-state index contributed by atoms with van der Waals surface area (Å²) in [4.78, 5) is 25.0. The minimum absolute atomic E-state index is 0.213. The van der Waals surface area contributed by atoms with Gasteiger partial charge in [0.1, 0.15) is 17.4 Å². The number of alkyl carbamates (subject to hydrolysis) is 1. The molecular weight excluding hydrogens is 434 g/mol. The zero-order valence-corrected chi connectivity index (χ0v) is 20.1. The molecule has 0 aliphatic heterocycles. The molecule has 180 valence electrons. The molecule has 32 heavy (non-hydrogen) atoms. The van der Waals surface area contributed by atoms with Gasteiger partial charge in [0, 0.05) is 13.1 Å². The van der Waals surface area contributed by atoms with Crippen molar-refractivity contribution in [2.75, 3.05) is 13.7 Å². The largest absolute Gasteiger partial charge is 0.497 e. The Morgan fingerprint density at radius 2 is 1.72 bits per heavy atom. The minimum atomic E-state index is -3.59. The summed E-state index contributed by atoms with van der Waals surface area (Å²) in [6, 6.07) is 6.04. The lowest BCUT2D eigenvalue weighted by Crippen LogP contribution is -2.54. The maximum Gasteiger partial charge on any atom is 0.408 e. The number of sulfonamides is 1. The minimum Gasteiger partial charge on any atom is -0.497 e. The van der Waals surface area contributed by atoms with Crippen LogP contribution in [-0.4, -0.2) is 51.0 Å². The Morgan fingerprint density at radius 3 is 2.28 bits per heavy atom. The second-order valence-corrected chi connectivity index (χ2v) is 11.0. The van der Waals surface area contributed by atoms with Gasteiger partial charge in [0.2, 0.25) is 15.9 Å². The molecule has 2 amide bonds. The highest BCUT2D eigenvalue weighted by molar-refractivity contribution is 7.90. The summed E-state index contributed by atoms with van der Waals surface area (Å²) in [6.45, 7) is 5.07. The zero-order chi connectivity index (χ0) is 23.8. The number of amides is 2. The predicted molar refractivity (Wildman–Crippen MR) is 122 cm³/mol. The molecule has 0 spiro atoms. The second-order valence-electron chi connectivity index (χ2n) is 8.92. The van der Waals surface area contributed by atoms with Crippen molar-refractivity contribution in [3.8, 4) is 5.75 Å². The summed E-state index contributed by atoms with van der Waals surface area (Å²) >= 11 is 0. The van der Waals surface area contributed by atoms with Crippen molar-refractivity contribution in [3.63, 3.8) is 0 Å². The average Bonchev–Trinajstić information content (AvgIpc) is 2.74. The van der Waals surface area contributed by atoms with Gasteiger partial charge in [0.25, 0.3) is 0 Å². The van der Waals surface area contributed by atoms with Gasteiger partial charge in [-0.3, -0.25) is 4.79 Å². The zero-order valence-electron chi connectivity index (χ0n) is 19.3. The van der Waals surface area contributed by atoms with Crippen LogP contribution in [0.25, 0.3) is 0 Å². The smallest absolute Gasteiger partial charge is 0.408 e. The van der Waals surface area contributed by atoms with Crippen molar-refractivity contribution in [1.82, 2.24) is 15.4 Å². The van der Waals surface area contributed by atoms with Crippen molar-refractivity contribution in [3.05, 3.63) is 29.8 Å². The lowest BCUT2D eigenvalue weighted by molar-refractivity contribution is -0.123. The van der Waals surface area contributed by atoms with Crippen LogP contribution in [0.3, 0.4) is 0 Å². The van der Waals surface area contributed by atoms with Crippen LogP contribution < -0.4 is 20.1 Å². The van der Waals surface area contributed by atoms with E-state index in [0.717, 1.165) is 24.8 Å². The summed E-state index contributed by atoms with van der Waals surface area (Å²) in [7, 11) is -2.03. The first-order valence-corrected chi connectivity index (χ1v) is 12.4. The van der Waals surface area contributed by atoms with Crippen molar-refractivity contribution in [1.29, 1.82) is 0 Å². The number of ether oxygens (including phenoxy) is 2. The second kappa shape index (κ2) is 11.5.